The van der Waals surface area contributed by atoms with E-state index in [0.717, 1.165) is 44.9 Å². The third-order valence-corrected chi connectivity index (χ3v) is 5.62. The third-order valence-electron chi connectivity index (χ3n) is 5.62. The van der Waals surface area contributed by atoms with Gasteiger partial charge < -0.3 is 10.2 Å². The Morgan fingerprint density at radius 3 is 2.71 bits per heavy atom. The second-order valence-electron chi connectivity index (χ2n) is 7.70. The predicted molar refractivity (Wildman–Crippen MR) is 113 cm³/mol. The predicted octanol–water partition coefficient (Wildman–Crippen LogP) is 2.31. The van der Waals surface area contributed by atoms with E-state index in [2.05, 4.69) is 47.4 Å². The van der Waals surface area contributed by atoms with Crippen LogP contribution in [0.25, 0.3) is 0 Å². The molecule has 1 fully saturated rings. The number of nitrogens with one attached hydrogen (secondary N) is 1. The number of nitrogens with zero attached hydrogens (tertiary/aromatic N) is 6. The van der Waals surface area contributed by atoms with Gasteiger partial charge in [0.05, 0.1) is 18.4 Å². The molecular weight excluding hydrogens is 350 g/mol. The third kappa shape index (κ3) is 4.56. The molecule has 28 heavy (non-hydrogen) atoms. The monoisotopic (exact) mass is 385 g/mol. The minimum Gasteiger partial charge on any atom is -0.357 e. The molecule has 0 amide bonds. The maximum absolute atomic E-state index is 5.00. The molecule has 1 N–H and O–H groups in total. The van der Waals surface area contributed by atoms with Gasteiger partial charge in [-0.05, 0) is 44.1 Å². The Hall–Kier alpha value is -2.31. The lowest BCUT2D eigenvalue weighted by Crippen LogP contribution is -2.40. The van der Waals surface area contributed by atoms with Crippen molar-refractivity contribution in [3.05, 3.63) is 34.9 Å². The zero-order valence-corrected chi connectivity index (χ0v) is 18.1. The standard InChI is InChI=1S/C21H35N7/c1-6-19-18(20(7-2)27(5)25-19)13-23-21(22-8-3)28-10-9-16(15-28)11-17-12-24-26(4)14-17/h12,14,16H,6-11,13,15H2,1-5H3,(H,22,23). The van der Waals surface area contributed by atoms with Crippen LogP contribution in [0.3, 0.4) is 0 Å². The average molecular weight is 386 g/mol. The number of rotatable bonds is 7. The molecule has 1 atom stereocenters. The molecule has 7 heteroatoms. The first-order valence-electron chi connectivity index (χ1n) is 10.6. The second kappa shape index (κ2) is 9.26. The summed E-state index contributed by atoms with van der Waals surface area (Å²) in [6.45, 7) is 10.2. The Balaban J connectivity index is 1.70. The van der Waals surface area contributed by atoms with Gasteiger partial charge in [-0.2, -0.15) is 10.2 Å². The van der Waals surface area contributed by atoms with Gasteiger partial charge >= 0.3 is 0 Å². The zero-order valence-electron chi connectivity index (χ0n) is 18.1. The highest BCUT2D eigenvalue weighted by molar-refractivity contribution is 5.80. The summed E-state index contributed by atoms with van der Waals surface area (Å²) in [5, 5.41) is 12.5. The molecule has 2 aromatic heterocycles. The molecule has 7 nitrogen and oxygen atoms in total. The average Bonchev–Trinajstić information content (AvgIpc) is 3.38. The van der Waals surface area contributed by atoms with Gasteiger partial charge in [0.2, 0.25) is 0 Å². The van der Waals surface area contributed by atoms with Crippen molar-refractivity contribution in [1.29, 1.82) is 0 Å². The molecule has 1 aliphatic rings. The van der Waals surface area contributed by atoms with E-state index < -0.39 is 0 Å². The van der Waals surface area contributed by atoms with Gasteiger partial charge in [-0.15, -0.1) is 0 Å². The molecule has 0 bridgehead atoms. The summed E-state index contributed by atoms with van der Waals surface area (Å²) in [6, 6.07) is 0. The quantitative estimate of drug-likeness (QED) is 0.587. The fourth-order valence-electron chi connectivity index (χ4n) is 4.25. The fraction of sp³-hybridized carbons (Fsp3) is 0.667. The number of aromatic nitrogens is 4. The van der Waals surface area contributed by atoms with Crippen LogP contribution in [0.5, 0.6) is 0 Å². The summed E-state index contributed by atoms with van der Waals surface area (Å²) in [6.07, 6.45) is 8.35. The van der Waals surface area contributed by atoms with Crippen LogP contribution in [0.2, 0.25) is 0 Å². The van der Waals surface area contributed by atoms with Gasteiger partial charge in [-0.1, -0.05) is 13.8 Å². The number of guanidine groups is 1. The largest absolute Gasteiger partial charge is 0.357 e. The van der Waals surface area contributed by atoms with Crippen molar-refractivity contribution in [2.75, 3.05) is 19.6 Å². The van der Waals surface area contributed by atoms with Crippen LogP contribution in [0.15, 0.2) is 17.4 Å². The summed E-state index contributed by atoms with van der Waals surface area (Å²) >= 11 is 0. The Bertz CT molecular complexity index is 802. The van der Waals surface area contributed by atoms with Crippen LogP contribution in [-0.2, 0) is 39.9 Å². The lowest BCUT2D eigenvalue weighted by molar-refractivity contribution is 0.460. The van der Waals surface area contributed by atoms with Crippen molar-refractivity contribution in [2.24, 2.45) is 25.0 Å². The van der Waals surface area contributed by atoms with Crippen LogP contribution in [0, 0.1) is 5.92 Å². The second-order valence-corrected chi connectivity index (χ2v) is 7.70. The molecule has 1 aliphatic heterocycles. The molecule has 3 rings (SSSR count). The lowest BCUT2D eigenvalue weighted by atomic mass is 10.0. The van der Waals surface area contributed by atoms with Crippen LogP contribution >= 0.6 is 0 Å². The maximum Gasteiger partial charge on any atom is 0.194 e. The van der Waals surface area contributed by atoms with Crippen molar-refractivity contribution in [3.63, 3.8) is 0 Å². The molecule has 0 radical (unpaired) electrons. The fourth-order valence-corrected chi connectivity index (χ4v) is 4.25. The lowest BCUT2D eigenvalue weighted by Gasteiger charge is -2.21. The van der Waals surface area contributed by atoms with Gasteiger partial charge in [0.15, 0.2) is 5.96 Å². The van der Waals surface area contributed by atoms with Crippen molar-refractivity contribution >= 4 is 5.96 Å². The SMILES string of the molecule is CCNC(=NCc1c(CC)nn(C)c1CC)N1CCC(Cc2cnn(C)c2)C1. The van der Waals surface area contributed by atoms with Crippen molar-refractivity contribution < 1.29 is 0 Å². The molecule has 154 valence electrons. The minimum atomic E-state index is 0.656. The Kier molecular flexibility index (Phi) is 6.75. The Morgan fingerprint density at radius 1 is 1.25 bits per heavy atom. The molecular formula is C21H35N7. The minimum absolute atomic E-state index is 0.656. The number of aliphatic imine (C=N–C) groups is 1. The van der Waals surface area contributed by atoms with Crippen molar-refractivity contribution in [3.8, 4) is 0 Å². The summed E-state index contributed by atoms with van der Waals surface area (Å²) < 4.78 is 3.91. The molecule has 1 unspecified atom stereocenters. The Morgan fingerprint density at radius 2 is 2.07 bits per heavy atom. The zero-order chi connectivity index (χ0) is 20.1. The molecule has 0 spiro atoms. The summed E-state index contributed by atoms with van der Waals surface area (Å²) in [7, 11) is 4.02. The molecule has 1 saturated heterocycles. The van der Waals surface area contributed by atoms with Crippen LogP contribution in [0.4, 0.5) is 0 Å². The summed E-state index contributed by atoms with van der Waals surface area (Å²) in [4.78, 5) is 7.42. The molecule has 2 aromatic rings. The smallest absolute Gasteiger partial charge is 0.194 e. The highest BCUT2D eigenvalue weighted by atomic mass is 15.3. The van der Waals surface area contributed by atoms with E-state index in [1.54, 1.807) is 0 Å². The maximum atomic E-state index is 5.00. The van der Waals surface area contributed by atoms with Gasteiger partial charge in [0.25, 0.3) is 0 Å². The molecule has 0 aromatic carbocycles. The first-order chi connectivity index (χ1) is 13.5. The topological polar surface area (TPSA) is 63.3 Å². The van der Waals surface area contributed by atoms with Crippen LogP contribution < -0.4 is 5.32 Å². The van der Waals surface area contributed by atoms with E-state index >= 15 is 0 Å². The van der Waals surface area contributed by atoms with Gasteiger partial charge in [0, 0.05) is 51.2 Å². The van der Waals surface area contributed by atoms with Gasteiger partial charge in [-0.3, -0.25) is 9.36 Å². The number of likely N-dealkylation sites (tertiary alicyclic amines) is 1. The van der Waals surface area contributed by atoms with Gasteiger partial charge in [0.1, 0.15) is 0 Å². The summed E-state index contributed by atoms with van der Waals surface area (Å²) in [5.74, 6) is 1.69. The van der Waals surface area contributed by atoms with Crippen LogP contribution in [0.1, 0.15) is 49.7 Å². The summed E-state index contributed by atoms with van der Waals surface area (Å²) in [5.41, 5.74) is 5.10. The highest BCUT2D eigenvalue weighted by Crippen LogP contribution is 2.22. The van der Waals surface area contributed by atoms with Crippen LogP contribution in [-0.4, -0.2) is 50.1 Å². The van der Waals surface area contributed by atoms with E-state index in [9.17, 15) is 0 Å². The number of hydrogen-bond acceptors (Lipinski definition) is 3. The molecule has 3 heterocycles. The normalized spacial score (nSPS) is 17.5. The number of aryl methyl sites for hydroxylation is 3. The first kappa shape index (κ1) is 20.4. The van der Waals surface area contributed by atoms with Crippen molar-refractivity contribution in [2.45, 2.75) is 53.0 Å². The van der Waals surface area contributed by atoms with E-state index in [4.69, 9.17) is 4.99 Å². The van der Waals surface area contributed by atoms with Gasteiger partial charge in [-0.25, -0.2) is 4.99 Å². The molecule has 0 saturated carbocycles. The van der Waals surface area contributed by atoms with E-state index in [1.807, 2.05) is 29.7 Å². The number of hydrogen-bond donors (Lipinski definition) is 1. The van der Waals surface area contributed by atoms with E-state index in [1.165, 1.54) is 28.9 Å². The Labute approximate surface area is 168 Å². The van der Waals surface area contributed by atoms with E-state index in [-0.39, 0.29) is 0 Å². The highest BCUT2D eigenvalue weighted by Gasteiger charge is 2.25. The van der Waals surface area contributed by atoms with Crippen molar-refractivity contribution in [1.82, 2.24) is 29.8 Å². The molecule has 0 aliphatic carbocycles. The first-order valence-corrected chi connectivity index (χ1v) is 10.6. The van der Waals surface area contributed by atoms with E-state index in [0.29, 0.717) is 12.5 Å².